The van der Waals surface area contributed by atoms with Crippen molar-refractivity contribution in [3.8, 4) is 0 Å². The average Bonchev–Trinajstić information content (AvgIpc) is 2.01. The quantitative estimate of drug-likeness (QED) is 0.788. The van der Waals surface area contributed by atoms with E-state index in [4.69, 9.17) is 21.8 Å². The van der Waals surface area contributed by atoms with Gasteiger partial charge >= 0.3 is 5.97 Å². The molecule has 1 rings (SSSR count). The molecule has 0 atom stereocenters. The van der Waals surface area contributed by atoms with Crippen LogP contribution in [0.15, 0.2) is 23.1 Å². The van der Waals surface area contributed by atoms with Gasteiger partial charge in [0.25, 0.3) is 0 Å². The highest BCUT2D eigenvalue weighted by molar-refractivity contribution is 7.89. The van der Waals surface area contributed by atoms with Crippen LogP contribution in [0.1, 0.15) is 10.4 Å². The summed E-state index contributed by atoms with van der Waals surface area (Å²) in [6.07, 6.45) is 0. The van der Waals surface area contributed by atoms with Gasteiger partial charge in [0.1, 0.15) is 0 Å². The Hall–Kier alpha value is -1.11. The maximum atomic E-state index is 11.0. The molecule has 7 heteroatoms. The molecule has 0 aliphatic carbocycles. The van der Waals surface area contributed by atoms with Gasteiger partial charge in [-0.2, -0.15) is 0 Å². The van der Waals surface area contributed by atoms with Gasteiger partial charge in [-0.25, -0.2) is 18.4 Å². The Bertz CT molecular complexity index is 482. The van der Waals surface area contributed by atoms with Crippen LogP contribution >= 0.6 is 11.6 Å². The maximum absolute atomic E-state index is 11.0. The third-order valence-corrected chi connectivity index (χ3v) is 2.67. The first-order valence-corrected chi connectivity index (χ1v) is 5.30. The molecule has 5 nitrogen and oxygen atoms in total. The van der Waals surface area contributed by atoms with Crippen LogP contribution in [-0.4, -0.2) is 19.5 Å². The van der Waals surface area contributed by atoms with Gasteiger partial charge in [0.2, 0.25) is 10.0 Å². The largest absolute Gasteiger partial charge is 0.478 e. The fourth-order valence-corrected chi connectivity index (χ4v) is 1.90. The minimum absolute atomic E-state index is 0.110. The van der Waals surface area contributed by atoms with Crippen LogP contribution in [-0.2, 0) is 10.0 Å². The minimum Gasteiger partial charge on any atom is -0.478 e. The van der Waals surface area contributed by atoms with E-state index in [2.05, 4.69) is 0 Å². The standard InChI is InChI=1S/C7H6ClNO4S/c8-4-1-2-5(7(10)11)6(3-4)14(9,12)13/h1-3H,(H,10,11)(H2,9,12,13). The first-order valence-electron chi connectivity index (χ1n) is 3.38. The molecule has 0 fully saturated rings. The Morgan fingerprint density at radius 2 is 2.00 bits per heavy atom. The van der Waals surface area contributed by atoms with Gasteiger partial charge < -0.3 is 5.11 Å². The van der Waals surface area contributed by atoms with Crippen LogP contribution < -0.4 is 5.14 Å². The molecule has 14 heavy (non-hydrogen) atoms. The summed E-state index contributed by atoms with van der Waals surface area (Å²) < 4.78 is 21.9. The number of halogens is 1. The summed E-state index contributed by atoms with van der Waals surface area (Å²) in [6, 6.07) is 3.37. The lowest BCUT2D eigenvalue weighted by Gasteiger charge is -2.03. The van der Waals surface area contributed by atoms with Crippen molar-refractivity contribution < 1.29 is 18.3 Å². The average molecular weight is 236 g/mol. The number of nitrogens with two attached hydrogens (primary N) is 1. The molecule has 1 aromatic carbocycles. The van der Waals surface area contributed by atoms with Crippen molar-refractivity contribution in [1.82, 2.24) is 0 Å². The lowest BCUT2D eigenvalue weighted by molar-refractivity contribution is 0.0692. The summed E-state index contributed by atoms with van der Waals surface area (Å²) in [6.45, 7) is 0. The second kappa shape index (κ2) is 3.56. The number of aromatic carboxylic acids is 1. The number of carboxylic acids is 1. The molecule has 0 saturated carbocycles. The lowest BCUT2D eigenvalue weighted by Crippen LogP contribution is -2.16. The summed E-state index contributed by atoms with van der Waals surface area (Å²) >= 11 is 5.51. The molecular formula is C7H6ClNO4S. The number of hydrogen-bond donors (Lipinski definition) is 2. The topological polar surface area (TPSA) is 97.5 Å². The number of hydrogen-bond acceptors (Lipinski definition) is 3. The van der Waals surface area contributed by atoms with Gasteiger partial charge in [0.15, 0.2) is 0 Å². The van der Waals surface area contributed by atoms with Crippen molar-refractivity contribution in [2.45, 2.75) is 4.90 Å². The Morgan fingerprint density at radius 1 is 1.43 bits per heavy atom. The predicted molar refractivity (Wildman–Crippen MR) is 49.8 cm³/mol. The zero-order chi connectivity index (χ0) is 10.9. The molecule has 0 heterocycles. The van der Waals surface area contributed by atoms with Crippen molar-refractivity contribution in [3.63, 3.8) is 0 Å². The summed E-state index contributed by atoms with van der Waals surface area (Å²) in [5, 5.41) is 13.6. The number of rotatable bonds is 2. The maximum Gasteiger partial charge on any atom is 0.337 e. The molecule has 0 radical (unpaired) electrons. The minimum atomic E-state index is -4.07. The number of benzene rings is 1. The molecule has 3 N–H and O–H groups in total. The SMILES string of the molecule is NS(=O)(=O)c1cc(Cl)ccc1C(=O)O. The molecule has 0 unspecified atom stereocenters. The molecule has 0 aromatic heterocycles. The monoisotopic (exact) mass is 235 g/mol. The Morgan fingerprint density at radius 3 is 2.43 bits per heavy atom. The number of carboxylic acid groups (broad SMARTS) is 1. The van der Waals surface area contributed by atoms with Gasteiger partial charge in [-0.3, -0.25) is 0 Å². The second-order valence-corrected chi connectivity index (χ2v) is 4.46. The summed E-state index contributed by atoms with van der Waals surface area (Å²) in [4.78, 5) is 10.1. The molecule has 0 aliphatic rings. The van der Waals surface area contributed by atoms with E-state index < -0.39 is 26.5 Å². The summed E-state index contributed by atoms with van der Waals surface area (Å²) in [7, 11) is -4.07. The summed E-state index contributed by atoms with van der Waals surface area (Å²) in [5.74, 6) is -1.37. The van der Waals surface area contributed by atoms with Crippen molar-refractivity contribution >= 4 is 27.6 Å². The first-order chi connectivity index (χ1) is 6.32. The van der Waals surface area contributed by atoms with E-state index >= 15 is 0 Å². The van der Waals surface area contributed by atoms with Crippen molar-refractivity contribution in [2.24, 2.45) is 5.14 Å². The Balaban J connectivity index is 3.54. The molecule has 76 valence electrons. The van der Waals surface area contributed by atoms with Crippen molar-refractivity contribution in [2.75, 3.05) is 0 Å². The van der Waals surface area contributed by atoms with Crippen LogP contribution in [0.4, 0.5) is 0 Å². The molecular weight excluding hydrogens is 230 g/mol. The third-order valence-electron chi connectivity index (χ3n) is 1.48. The highest BCUT2D eigenvalue weighted by Gasteiger charge is 2.18. The molecule has 0 bridgehead atoms. The molecule has 1 aromatic rings. The lowest BCUT2D eigenvalue weighted by atomic mass is 10.2. The van der Waals surface area contributed by atoms with Gasteiger partial charge in [-0.15, -0.1) is 0 Å². The third kappa shape index (κ3) is 2.22. The predicted octanol–water partition coefficient (Wildman–Crippen LogP) is 0.686. The van der Waals surface area contributed by atoms with Crippen LogP contribution in [0.2, 0.25) is 5.02 Å². The van der Waals surface area contributed by atoms with E-state index in [1.807, 2.05) is 0 Å². The molecule has 0 aliphatic heterocycles. The van der Waals surface area contributed by atoms with Crippen LogP contribution in [0.25, 0.3) is 0 Å². The number of primary sulfonamides is 1. The van der Waals surface area contributed by atoms with Gasteiger partial charge in [0.05, 0.1) is 10.5 Å². The zero-order valence-electron chi connectivity index (χ0n) is 6.77. The van der Waals surface area contributed by atoms with Crippen molar-refractivity contribution in [1.29, 1.82) is 0 Å². The summed E-state index contributed by atoms with van der Waals surface area (Å²) in [5.41, 5.74) is -0.392. The fraction of sp³-hybridized carbons (Fsp3) is 0. The number of carbonyl (C=O) groups is 1. The fourth-order valence-electron chi connectivity index (χ4n) is 0.908. The van der Waals surface area contributed by atoms with E-state index in [0.29, 0.717) is 0 Å². The Kier molecular flexibility index (Phi) is 2.79. The molecule has 0 amide bonds. The van der Waals surface area contributed by atoms with Gasteiger partial charge in [0, 0.05) is 5.02 Å². The molecule has 0 saturated heterocycles. The highest BCUT2D eigenvalue weighted by atomic mass is 35.5. The van der Waals surface area contributed by atoms with Gasteiger partial charge in [-0.1, -0.05) is 11.6 Å². The van der Waals surface area contributed by atoms with Crippen LogP contribution in [0, 0.1) is 0 Å². The molecule has 0 spiro atoms. The van der Waals surface area contributed by atoms with Gasteiger partial charge in [-0.05, 0) is 18.2 Å². The van der Waals surface area contributed by atoms with E-state index in [-0.39, 0.29) is 5.02 Å². The van der Waals surface area contributed by atoms with E-state index in [1.165, 1.54) is 6.07 Å². The normalized spacial score (nSPS) is 11.3. The highest BCUT2D eigenvalue weighted by Crippen LogP contribution is 2.19. The smallest absolute Gasteiger partial charge is 0.337 e. The first kappa shape index (κ1) is 11.0. The number of sulfonamides is 1. The van der Waals surface area contributed by atoms with E-state index in [9.17, 15) is 13.2 Å². The Labute approximate surface area is 85.2 Å². The zero-order valence-corrected chi connectivity index (χ0v) is 8.34. The van der Waals surface area contributed by atoms with Crippen LogP contribution in [0.3, 0.4) is 0 Å². The van der Waals surface area contributed by atoms with Crippen LogP contribution in [0.5, 0.6) is 0 Å². The van der Waals surface area contributed by atoms with E-state index in [1.54, 1.807) is 0 Å². The second-order valence-electron chi connectivity index (χ2n) is 2.49. The van der Waals surface area contributed by atoms with Crippen molar-refractivity contribution in [3.05, 3.63) is 28.8 Å². The van der Waals surface area contributed by atoms with E-state index in [0.717, 1.165) is 12.1 Å².